The van der Waals surface area contributed by atoms with Gasteiger partial charge in [-0.05, 0) is 24.8 Å². The van der Waals surface area contributed by atoms with E-state index in [1.807, 2.05) is 6.26 Å². The molecule has 0 aliphatic carbocycles. The molecule has 0 aromatic carbocycles. The Morgan fingerprint density at radius 3 is 2.93 bits per heavy atom. The van der Waals surface area contributed by atoms with Crippen LogP contribution in [0.5, 0.6) is 0 Å². The zero-order chi connectivity index (χ0) is 10.4. The summed E-state index contributed by atoms with van der Waals surface area (Å²) in [6.45, 7) is 4.30. The molecule has 1 heterocycles. The average molecular weight is 198 g/mol. The summed E-state index contributed by atoms with van der Waals surface area (Å²) in [7, 11) is 0. The maximum absolute atomic E-state index is 10.9. The van der Waals surface area contributed by atoms with Crippen LogP contribution in [0.1, 0.15) is 39.5 Å². The number of carbonyl (C=O) groups excluding carboxylic acids is 1. The lowest BCUT2D eigenvalue weighted by molar-refractivity contribution is -0.146. The minimum absolute atomic E-state index is 0.0563. The molecule has 0 aromatic heterocycles. The minimum atomic E-state index is -0.154. The Kier molecular flexibility index (Phi) is 4.50. The van der Waals surface area contributed by atoms with Crippen molar-refractivity contribution < 1.29 is 14.3 Å². The topological polar surface area (TPSA) is 35.5 Å². The number of carbonyl (C=O) groups is 1. The molecule has 1 rings (SSSR count). The van der Waals surface area contributed by atoms with E-state index in [1.165, 1.54) is 5.57 Å². The zero-order valence-electron chi connectivity index (χ0n) is 8.91. The molecule has 0 saturated carbocycles. The SMILES string of the molecule is CCC(=O)OCC1CCC(CC)=CO1. The van der Waals surface area contributed by atoms with E-state index < -0.39 is 0 Å². The number of allylic oxidation sites excluding steroid dienone is 1. The Balaban J connectivity index is 2.22. The number of hydrogen-bond donors (Lipinski definition) is 0. The van der Waals surface area contributed by atoms with Crippen LogP contribution in [0.4, 0.5) is 0 Å². The zero-order valence-corrected chi connectivity index (χ0v) is 8.91. The van der Waals surface area contributed by atoms with Gasteiger partial charge in [-0.25, -0.2) is 0 Å². The maximum atomic E-state index is 10.9. The predicted octanol–water partition coefficient (Wildman–Crippen LogP) is 2.41. The molecule has 3 nitrogen and oxygen atoms in total. The van der Waals surface area contributed by atoms with E-state index in [-0.39, 0.29) is 12.1 Å². The Hall–Kier alpha value is -0.990. The third-order valence-electron chi connectivity index (χ3n) is 2.39. The molecular formula is C11H18O3. The second-order valence-electron chi connectivity index (χ2n) is 3.46. The molecule has 3 heteroatoms. The van der Waals surface area contributed by atoms with E-state index in [4.69, 9.17) is 9.47 Å². The van der Waals surface area contributed by atoms with Gasteiger partial charge in [0, 0.05) is 6.42 Å². The molecule has 1 aliphatic rings. The Morgan fingerprint density at radius 2 is 2.43 bits per heavy atom. The summed E-state index contributed by atoms with van der Waals surface area (Å²) >= 11 is 0. The van der Waals surface area contributed by atoms with Gasteiger partial charge in [-0.1, -0.05) is 13.8 Å². The molecule has 0 fully saturated rings. The van der Waals surface area contributed by atoms with Gasteiger partial charge >= 0.3 is 5.97 Å². The Bertz CT molecular complexity index is 221. The highest BCUT2D eigenvalue weighted by Crippen LogP contribution is 2.19. The molecule has 0 amide bonds. The fourth-order valence-corrected chi connectivity index (χ4v) is 1.34. The molecule has 0 aromatic rings. The summed E-state index contributed by atoms with van der Waals surface area (Å²) in [5.74, 6) is -0.154. The average Bonchev–Trinajstić information content (AvgIpc) is 2.26. The quantitative estimate of drug-likeness (QED) is 0.651. The highest BCUT2D eigenvalue weighted by molar-refractivity contribution is 5.68. The van der Waals surface area contributed by atoms with Gasteiger partial charge in [0.15, 0.2) is 0 Å². The van der Waals surface area contributed by atoms with E-state index >= 15 is 0 Å². The van der Waals surface area contributed by atoms with Gasteiger partial charge in [0.05, 0.1) is 6.26 Å². The summed E-state index contributed by atoms with van der Waals surface area (Å²) in [5, 5.41) is 0. The van der Waals surface area contributed by atoms with Crippen LogP contribution < -0.4 is 0 Å². The molecule has 0 radical (unpaired) electrons. The van der Waals surface area contributed by atoms with Crippen LogP contribution in [0.3, 0.4) is 0 Å². The third-order valence-corrected chi connectivity index (χ3v) is 2.39. The first-order valence-electron chi connectivity index (χ1n) is 5.25. The fraction of sp³-hybridized carbons (Fsp3) is 0.727. The minimum Gasteiger partial charge on any atom is -0.495 e. The van der Waals surface area contributed by atoms with Gasteiger partial charge in [0.2, 0.25) is 0 Å². The van der Waals surface area contributed by atoms with E-state index in [0.29, 0.717) is 13.0 Å². The normalized spacial score (nSPS) is 21.0. The molecular weight excluding hydrogens is 180 g/mol. The van der Waals surface area contributed by atoms with Crippen molar-refractivity contribution in [2.24, 2.45) is 0 Å². The van der Waals surface area contributed by atoms with E-state index in [2.05, 4.69) is 6.92 Å². The molecule has 1 unspecified atom stereocenters. The first-order chi connectivity index (χ1) is 6.76. The van der Waals surface area contributed by atoms with E-state index in [9.17, 15) is 4.79 Å². The molecule has 0 bridgehead atoms. The van der Waals surface area contributed by atoms with Crippen LogP contribution in [-0.2, 0) is 14.3 Å². The van der Waals surface area contributed by atoms with Crippen molar-refractivity contribution in [3.05, 3.63) is 11.8 Å². The summed E-state index contributed by atoms with van der Waals surface area (Å²) in [6.07, 6.45) is 5.36. The molecule has 0 saturated heterocycles. The van der Waals surface area contributed by atoms with Crippen LogP contribution in [0.15, 0.2) is 11.8 Å². The highest BCUT2D eigenvalue weighted by Gasteiger charge is 2.16. The predicted molar refractivity (Wildman–Crippen MR) is 53.7 cm³/mol. The summed E-state index contributed by atoms with van der Waals surface area (Å²) in [4.78, 5) is 10.9. The second-order valence-corrected chi connectivity index (χ2v) is 3.46. The largest absolute Gasteiger partial charge is 0.495 e. The lowest BCUT2D eigenvalue weighted by atomic mass is 10.0. The lowest BCUT2D eigenvalue weighted by Crippen LogP contribution is -2.22. The molecule has 80 valence electrons. The summed E-state index contributed by atoms with van der Waals surface area (Å²) < 4.78 is 10.4. The van der Waals surface area contributed by atoms with Crippen LogP contribution in [-0.4, -0.2) is 18.7 Å². The van der Waals surface area contributed by atoms with E-state index in [1.54, 1.807) is 6.92 Å². The molecule has 0 N–H and O–H groups in total. The van der Waals surface area contributed by atoms with Gasteiger partial charge in [-0.2, -0.15) is 0 Å². The molecule has 14 heavy (non-hydrogen) atoms. The van der Waals surface area contributed by atoms with Gasteiger partial charge in [-0.3, -0.25) is 4.79 Å². The molecule has 1 aliphatic heterocycles. The third kappa shape index (κ3) is 3.40. The van der Waals surface area contributed by atoms with Crippen LogP contribution >= 0.6 is 0 Å². The Labute approximate surface area is 85.1 Å². The van der Waals surface area contributed by atoms with Crippen molar-refractivity contribution in [3.63, 3.8) is 0 Å². The summed E-state index contributed by atoms with van der Waals surface area (Å²) in [5.41, 5.74) is 1.34. The molecule has 1 atom stereocenters. The number of rotatable bonds is 4. The van der Waals surface area contributed by atoms with Gasteiger partial charge < -0.3 is 9.47 Å². The van der Waals surface area contributed by atoms with Crippen molar-refractivity contribution in [2.45, 2.75) is 45.6 Å². The van der Waals surface area contributed by atoms with Crippen LogP contribution in [0.2, 0.25) is 0 Å². The lowest BCUT2D eigenvalue weighted by Gasteiger charge is -2.22. The monoisotopic (exact) mass is 198 g/mol. The van der Waals surface area contributed by atoms with Gasteiger partial charge in [-0.15, -0.1) is 0 Å². The number of esters is 1. The standard InChI is InChI=1S/C11H18O3/c1-3-9-5-6-10(13-7-9)8-14-11(12)4-2/h7,10H,3-6,8H2,1-2H3. The number of ether oxygens (including phenoxy) is 2. The van der Waals surface area contributed by atoms with Crippen molar-refractivity contribution in [3.8, 4) is 0 Å². The first kappa shape index (κ1) is 11.1. The van der Waals surface area contributed by atoms with Crippen LogP contribution in [0.25, 0.3) is 0 Å². The first-order valence-corrected chi connectivity index (χ1v) is 5.25. The van der Waals surface area contributed by atoms with Crippen molar-refractivity contribution in [1.29, 1.82) is 0 Å². The van der Waals surface area contributed by atoms with E-state index in [0.717, 1.165) is 19.3 Å². The second kappa shape index (κ2) is 5.68. The van der Waals surface area contributed by atoms with Crippen molar-refractivity contribution in [2.75, 3.05) is 6.61 Å². The van der Waals surface area contributed by atoms with Crippen molar-refractivity contribution in [1.82, 2.24) is 0 Å². The number of hydrogen-bond acceptors (Lipinski definition) is 3. The van der Waals surface area contributed by atoms with Gasteiger partial charge in [0.1, 0.15) is 12.7 Å². The Morgan fingerprint density at radius 1 is 1.64 bits per heavy atom. The fourth-order valence-electron chi connectivity index (χ4n) is 1.34. The van der Waals surface area contributed by atoms with Gasteiger partial charge in [0.25, 0.3) is 0 Å². The highest BCUT2D eigenvalue weighted by atomic mass is 16.6. The van der Waals surface area contributed by atoms with Crippen molar-refractivity contribution >= 4 is 5.97 Å². The smallest absolute Gasteiger partial charge is 0.305 e. The molecule has 0 spiro atoms. The maximum Gasteiger partial charge on any atom is 0.305 e. The summed E-state index contributed by atoms with van der Waals surface area (Å²) in [6, 6.07) is 0. The van der Waals surface area contributed by atoms with Crippen LogP contribution in [0, 0.1) is 0 Å².